The molecule has 6 aromatic rings. The Hall–Kier alpha value is -8.81. The smallest absolute Gasteiger partial charge is 0.490 e. The van der Waals surface area contributed by atoms with E-state index < -0.39 is 33.3 Å². The molecule has 14 rings (SSSR count). The fourth-order valence-electron chi connectivity index (χ4n) is 19.4. The number of benzene rings is 6. The Morgan fingerprint density at radius 1 is 0.361 bits per heavy atom. The molecule has 8 aliphatic carbocycles. The van der Waals surface area contributed by atoms with E-state index in [1.807, 2.05) is 24.3 Å². The number of alkyl halides is 3. The zero-order chi connectivity index (χ0) is 89.1. The molecule has 0 saturated heterocycles. The monoisotopic (exact) mass is 1750 g/mol. The van der Waals surface area contributed by atoms with Crippen LogP contribution in [0.25, 0.3) is 32.3 Å². The number of carboxylic acid groups (broad SMARTS) is 3. The maximum atomic E-state index is 13.3. The zero-order valence-electron chi connectivity index (χ0n) is 70.4. The number of esters is 3. The number of aldehydes is 3. The Morgan fingerprint density at radius 3 is 0.910 bits per heavy atom. The van der Waals surface area contributed by atoms with E-state index in [2.05, 4.69) is 42.1 Å². The van der Waals surface area contributed by atoms with Gasteiger partial charge in [0.1, 0.15) is 46.1 Å². The molecule has 27 heteroatoms. The Labute approximate surface area is 723 Å². The fraction of sp³-hybridized carbons (Fsp3) is 0.568. The molecule has 6 aromatic carbocycles. The molecule has 0 heterocycles. The largest absolute Gasteiger partial charge is 0.507 e. The summed E-state index contributed by atoms with van der Waals surface area (Å²) in [5, 5.41) is 57.6. The summed E-state index contributed by atoms with van der Waals surface area (Å²) in [6.07, 6.45) is 30.3. The van der Waals surface area contributed by atoms with Crippen LogP contribution < -0.4 is 14.2 Å². The van der Waals surface area contributed by atoms with Crippen molar-refractivity contribution in [2.24, 2.45) is 94.7 Å². The number of phenols is 3. The van der Waals surface area contributed by atoms with Gasteiger partial charge in [-0.15, -0.1) is 0 Å². The molecule has 0 spiro atoms. The van der Waals surface area contributed by atoms with Crippen molar-refractivity contribution in [1.29, 1.82) is 0 Å². The molecule has 666 valence electrons. The SMILES string of the molecule is CC(=O)C1CCC(C(=O)O)CC1.CC(=O)C1CCC(C(=O)Oc2c(C=O)cc(OC(=O)C3CCC(C4CCC(C)CC4)CC3)c3ccccc23)CC1.CC1CCC(C2CCC(C(=O)O)CC2)CC1.CC1CCC(C2CCC(C(=O)Oc3cc(C=O)c(O)c4ccccc34)CC2)CC1.O=C(O)C(F)(F)F.O=Cc1cc(O)c2ccccc2c1O.O=S(Cl)Cl. The minimum atomic E-state index is -5.08. The van der Waals surface area contributed by atoms with Gasteiger partial charge in [-0.2, -0.15) is 13.2 Å². The number of carbonyl (C=O) groups excluding carboxylic acids is 8. The first-order chi connectivity index (χ1) is 58.1. The number of ether oxygens (including phenoxy) is 3. The van der Waals surface area contributed by atoms with Crippen LogP contribution in [0.1, 0.15) is 271 Å². The summed E-state index contributed by atoms with van der Waals surface area (Å²) < 4.78 is 58.4. The summed E-state index contributed by atoms with van der Waals surface area (Å²) in [5.41, 5.74) is 0.422. The predicted octanol–water partition coefficient (Wildman–Crippen LogP) is 22.3. The number of aromatic hydroxyl groups is 3. The van der Waals surface area contributed by atoms with Crippen molar-refractivity contribution < 1.29 is 115 Å². The first kappa shape index (κ1) is 98.6. The molecule has 8 aliphatic rings. The van der Waals surface area contributed by atoms with Gasteiger partial charge in [-0.3, -0.25) is 47.9 Å². The number of carbonyl (C=O) groups is 11. The van der Waals surface area contributed by atoms with Crippen molar-refractivity contribution in [2.75, 3.05) is 0 Å². The van der Waals surface area contributed by atoms with Crippen molar-refractivity contribution in [3.63, 3.8) is 0 Å². The molecule has 21 nitrogen and oxygen atoms in total. The maximum absolute atomic E-state index is 13.3. The van der Waals surface area contributed by atoms with Crippen LogP contribution >= 0.6 is 21.4 Å². The number of fused-ring (bicyclic) bond motifs is 3. The number of rotatable bonds is 16. The van der Waals surface area contributed by atoms with E-state index in [9.17, 15) is 76.4 Å². The zero-order valence-corrected chi connectivity index (χ0v) is 72.7. The lowest BCUT2D eigenvalue weighted by Crippen LogP contribution is -2.30. The van der Waals surface area contributed by atoms with Crippen molar-refractivity contribution in [3.8, 4) is 34.5 Å². The molecule has 0 aliphatic heterocycles. The molecule has 0 amide bonds. The number of aliphatic carboxylic acids is 3. The standard InChI is InChI=1S/C34H42O6.C25H30O4.C14H24O2.C11H8O3.C9H14O3.C2HF3O2.Cl2OS/c1-21-7-9-24(10-8-21)25-13-17-26(18-14-25)33(37)39-31-19-28(20-35)32(30-6-4-3-5-29(30)31)40-34(38)27-15-11-23(12-16-27)22(2)36;1-16-6-8-17(9-7-16)18-10-12-19(13-11-18)25(28)29-23-14-20(15-26)24(27)22-5-3-2-4-21(22)23;1-10-2-4-11(5-3-10)12-6-8-13(9-7-12)14(15)16;12-6-7-5-10(13)8-3-1-2-4-9(8)11(7)14;1-6(10)7-2-4-8(5-3-7)9(11)12;3-2(4,5)1(6)7;1-4(2)3/h3-6,19-21,23-27H,7-18H2,1-2H3;2-5,14-19,27H,6-13H2,1H3;10-13H,2-9H2,1H3,(H,15,16);1-6,13-14H;7-8H,2-5H2,1H3,(H,11,12);(H,6,7);. The number of hydrogen-bond acceptors (Lipinski definition) is 18. The number of hydrogen-bond donors (Lipinski definition) is 6. The highest BCUT2D eigenvalue weighted by molar-refractivity contribution is 8.26. The highest BCUT2D eigenvalue weighted by Gasteiger charge is 2.40. The summed E-state index contributed by atoms with van der Waals surface area (Å²) in [7, 11) is 7.36. The molecule has 122 heavy (non-hydrogen) atoms. The summed E-state index contributed by atoms with van der Waals surface area (Å²) in [4.78, 5) is 126. The molecule has 6 N–H and O–H groups in total. The van der Waals surface area contributed by atoms with Crippen molar-refractivity contribution in [2.45, 2.75) is 246 Å². The summed E-state index contributed by atoms with van der Waals surface area (Å²) in [6, 6.07) is 25.5. The molecule has 0 radical (unpaired) electrons. The number of ketones is 2. The summed E-state index contributed by atoms with van der Waals surface area (Å²) in [6.45, 7) is 10.3. The van der Waals surface area contributed by atoms with Crippen LogP contribution in [-0.2, 0) is 47.6 Å². The van der Waals surface area contributed by atoms with Gasteiger partial charge >= 0.3 is 42.0 Å². The minimum absolute atomic E-state index is 0.000463. The van der Waals surface area contributed by atoms with Gasteiger partial charge < -0.3 is 44.8 Å². The number of phenolic OH excluding ortho intramolecular Hbond substituents is 3. The van der Waals surface area contributed by atoms with Crippen LogP contribution in [0.15, 0.2) is 91.0 Å². The van der Waals surface area contributed by atoms with Gasteiger partial charge in [-0.25, -0.2) is 9.00 Å². The van der Waals surface area contributed by atoms with E-state index in [0.717, 1.165) is 137 Å². The van der Waals surface area contributed by atoms with Gasteiger partial charge in [0, 0.05) is 65.5 Å². The van der Waals surface area contributed by atoms with E-state index in [4.69, 9.17) is 38.5 Å². The van der Waals surface area contributed by atoms with Gasteiger partial charge in [0.15, 0.2) is 18.9 Å². The number of carboxylic acids is 3. The first-order valence-electron chi connectivity index (χ1n) is 43.3. The van der Waals surface area contributed by atoms with Crippen molar-refractivity contribution in [1.82, 2.24) is 0 Å². The van der Waals surface area contributed by atoms with E-state index in [1.165, 1.54) is 95.2 Å². The Balaban J connectivity index is 0.000000196. The van der Waals surface area contributed by atoms with Crippen LogP contribution in [0.2, 0.25) is 0 Å². The van der Waals surface area contributed by atoms with Crippen LogP contribution in [0, 0.1) is 94.7 Å². The third-order valence-electron chi connectivity index (χ3n) is 27.1. The third-order valence-corrected chi connectivity index (χ3v) is 27.1. The van der Waals surface area contributed by atoms with Crippen molar-refractivity contribution in [3.05, 3.63) is 108 Å². The Kier molecular flexibility index (Phi) is 38.7. The lowest BCUT2D eigenvalue weighted by atomic mass is 9.69. The Bertz CT molecular complexity index is 4540. The predicted molar refractivity (Wildman–Crippen MR) is 461 cm³/mol. The van der Waals surface area contributed by atoms with E-state index in [1.54, 1.807) is 62.4 Å². The van der Waals surface area contributed by atoms with Crippen molar-refractivity contribution >= 4 is 129 Å². The van der Waals surface area contributed by atoms with Crippen LogP contribution in [-0.4, -0.2) is 107 Å². The number of halogens is 5. The second-order valence-electron chi connectivity index (χ2n) is 35.1. The van der Waals surface area contributed by atoms with E-state index >= 15 is 0 Å². The lowest BCUT2D eigenvalue weighted by Gasteiger charge is -2.36. The van der Waals surface area contributed by atoms with Gasteiger partial charge in [0.25, 0.3) is 0 Å². The molecule has 0 bridgehead atoms. The van der Waals surface area contributed by atoms with Crippen LogP contribution in [0.3, 0.4) is 0 Å². The summed E-state index contributed by atoms with van der Waals surface area (Å²) >= 11 is 0. The molecule has 0 atom stereocenters. The molecule has 0 unspecified atom stereocenters. The first-order valence-corrected chi connectivity index (χ1v) is 46.1. The minimum Gasteiger partial charge on any atom is -0.507 e. The van der Waals surface area contributed by atoms with Gasteiger partial charge in [-0.05, 0) is 252 Å². The second kappa shape index (κ2) is 47.9. The highest BCUT2D eigenvalue weighted by atomic mass is 36.0. The maximum Gasteiger partial charge on any atom is 0.490 e. The van der Waals surface area contributed by atoms with E-state index in [-0.39, 0.29) is 111 Å². The Morgan fingerprint density at radius 2 is 0.598 bits per heavy atom. The highest BCUT2D eigenvalue weighted by Crippen LogP contribution is 2.47. The van der Waals surface area contributed by atoms with Gasteiger partial charge in [0.05, 0.1) is 46.3 Å². The molecular weight excluding hydrogens is 1640 g/mol. The quantitative estimate of drug-likeness (QED) is 0.0172. The van der Waals surface area contributed by atoms with Crippen LogP contribution in [0.5, 0.6) is 34.5 Å². The molecular formula is C95H119Cl2F3O21S. The molecule has 8 fully saturated rings. The van der Waals surface area contributed by atoms with Gasteiger partial charge in [-0.1, -0.05) is 132 Å². The average molecular weight is 1760 g/mol. The number of Topliss-reactive ketones (excluding diaryl/α,β-unsaturated/α-hetero) is 2. The summed E-state index contributed by atoms with van der Waals surface area (Å²) in [5.74, 6) is 3.04. The normalized spacial score (nSPS) is 26.4. The lowest BCUT2D eigenvalue weighted by molar-refractivity contribution is -0.192. The van der Waals surface area contributed by atoms with Gasteiger partial charge in [0.2, 0.25) is 9.23 Å². The second-order valence-corrected chi connectivity index (χ2v) is 37.6. The molecule has 0 aromatic heterocycles. The fourth-order valence-corrected chi connectivity index (χ4v) is 19.4. The van der Waals surface area contributed by atoms with E-state index in [0.29, 0.717) is 107 Å². The third kappa shape index (κ3) is 28.9. The average Bonchev–Trinajstić information content (AvgIpc) is 0.787. The topological polar surface area (TPSA) is 354 Å². The van der Waals surface area contributed by atoms with Crippen LogP contribution in [0.4, 0.5) is 13.2 Å². The molecule has 8 saturated carbocycles.